The number of aryl methyl sites for hydroxylation is 1. The third-order valence-corrected chi connectivity index (χ3v) is 1.65. The first-order valence-electron chi connectivity index (χ1n) is 3.70. The molecule has 5 heteroatoms. The van der Waals surface area contributed by atoms with E-state index in [1.165, 1.54) is 6.39 Å². The summed E-state index contributed by atoms with van der Waals surface area (Å²) in [5.41, 5.74) is 0.890. The Kier molecular flexibility index (Phi) is 1.70. The van der Waals surface area contributed by atoms with E-state index in [4.69, 9.17) is 4.42 Å². The number of hydrogen-bond donors (Lipinski definition) is 0. The predicted octanol–water partition coefficient (Wildman–Crippen LogP) is 0.888. The predicted molar refractivity (Wildman–Crippen MR) is 44.1 cm³/mol. The molecule has 2 aromatic heterocycles. The van der Waals surface area contributed by atoms with Crippen molar-refractivity contribution in [3.05, 3.63) is 24.4 Å². The summed E-state index contributed by atoms with van der Waals surface area (Å²) in [5.74, 6) is 0.413. The molecule has 0 saturated heterocycles. The first-order valence-corrected chi connectivity index (χ1v) is 3.70. The number of nitrogens with zero attached hydrogens (tertiary/aromatic N) is 3. The summed E-state index contributed by atoms with van der Waals surface area (Å²) < 4.78 is 6.67. The summed E-state index contributed by atoms with van der Waals surface area (Å²) in [5, 5.41) is 4.09. The van der Waals surface area contributed by atoms with Gasteiger partial charge in [-0.2, -0.15) is 5.10 Å². The highest BCUT2D eigenvalue weighted by molar-refractivity contribution is 5.81. The molecule has 0 aliphatic carbocycles. The van der Waals surface area contributed by atoms with E-state index >= 15 is 0 Å². The van der Waals surface area contributed by atoms with E-state index in [0.717, 1.165) is 0 Å². The lowest BCUT2D eigenvalue weighted by Gasteiger charge is -1.88. The number of carbonyl (C=O) groups is 1. The third-order valence-electron chi connectivity index (χ3n) is 1.65. The largest absolute Gasteiger partial charge is 0.441 e. The topological polar surface area (TPSA) is 60.9 Å². The van der Waals surface area contributed by atoms with E-state index in [2.05, 4.69) is 10.1 Å². The Labute approximate surface area is 74.0 Å². The molecule has 0 amide bonds. The van der Waals surface area contributed by atoms with Crippen molar-refractivity contribution in [2.45, 2.75) is 0 Å². The molecule has 13 heavy (non-hydrogen) atoms. The zero-order chi connectivity index (χ0) is 9.26. The SMILES string of the molecule is Cn1ccc(-c2ocnc2C=O)n1. The molecule has 2 rings (SSSR count). The number of aldehydes is 1. The number of carbonyl (C=O) groups excluding carboxylic acids is 1. The van der Waals surface area contributed by atoms with Gasteiger partial charge in [0.05, 0.1) is 0 Å². The van der Waals surface area contributed by atoms with Crippen LogP contribution in [0.2, 0.25) is 0 Å². The number of rotatable bonds is 2. The minimum absolute atomic E-state index is 0.277. The molecule has 0 aliphatic heterocycles. The second kappa shape index (κ2) is 2.85. The fourth-order valence-corrected chi connectivity index (χ4v) is 1.07. The van der Waals surface area contributed by atoms with Gasteiger partial charge in [0.15, 0.2) is 24.1 Å². The minimum Gasteiger partial charge on any atom is -0.441 e. The highest BCUT2D eigenvalue weighted by Crippen LogP contribution is 2.18. The molecule has 0 bridgehead atoms. The quantitative estimate of drug-likeness (QED) is 0.639. The molecule has 0 aliphatic rings. The van der Waals surface area contributed by atoms with Crippen molar-refractivity contribution in [3.63, 3.8) is 0 Å². The van der Waals surface area contributed by atoms with Crippen LogP contribution in [0.3, 0.4) is 0 Å². The Morgan fingerprint density at radius 3 is 3.08 bits per heavy atom. The summed E-state index contributed by atoms with van der Waals surface area (Å²) in [7, 11) is 1.79. The maximum Gasteiger partial charge on any atom is 0.185 e. The average molecular weight is 177 g/mol. The molecular formula is C8H7N3O2. The van der Waals surface area contributed by atoms with Gasteiger partial charge in [-0.1, -0.05) is 0 Å². The Morgan fingerprint density at radius 2 is 2.46 bits per heavy atom. The Bertz CT molecular complexity index is 430. The lowest BCUT2D eigenvalue weighted by atomic mass is 10.3. The van der Waals surface area contributed by atoms with Crippen molar-refractivity contribution in [1.82, 2.24) is 14.8 Å². The van der Waals surface area contributed by atoms with Gasteiger partial charge in [0.25, 0.3) is 0 Å². The van der Waals surface area contributed by atoms with Crippen molar-refractivity contribution < 1.29 is 9.21 Å². The average Bonchev–Trinajstić information content (AvgIpc) is 2.71. The lowest BCUT2D eigenvalue weighted by molar-refractivity contribution is 0.111. The summed E-state index contributed by atoms with van der Waals surface area (Å²) in [6.07, 6.45) is 3.65. The molecule has 0 N–H and O–H groups in total. The van der Waals surface area contributed by atoms with Crippen LogP contribution in [0.15, 0.2) is 23.1 Å². The van der Waals surface area contributed by atoms with Crippen LogP contribution in [-0.4, -0.2) is 21.1 Å². The molecule has 0 fully saturated rings. The van der Waals surface area contributed by atoms with Gasteiger partial charge in [-0.05, 0) is 6.07 Å². The van der Waals surface area contributed by atoms with Crippen LogP contribution in [0.5, 0.6) is 0 Å². The van der Waals surface area contributed by atoms with Crippen LogP contribution in [0.4, 0.5) is 0 Å². The highest BCUT2D eigenvalue weighted by Gasteiger charge is 2.11. The van der Waals surface area contributed by atoms with Gasteiger partial charge in [-0.25, -0.2) is 4.98 Å². The zero-order valence-corrected chi connectivity index (χ0v) is 6.97. The fraction of sp³-hybridized carbons (Fsp3) is 0.125. The van der Waals surface area contributed by atoms with E-state index in [1.807, 2.05) is 0 Å². The van der Waals surface area contributed by atoms with E-state index in [0.29, 0.717) is 17.7 Å². The fourth-order valence-electron chi connectivity index (χ4n) is 1.07. The monoisotopic (exact) mass is 177 g/mol. The van der Waals surface area contributed by atoms with Gasteiger partial charge >= 0.3 is 0 Å². The summed E-state index contributed by atoms with van der Waals surface area (Å²) in [4.78, 5) is 14.2. The van der Waals surface area contributed by atoms with Crippen molar-refractivity contribution in [3.8, 4) is 11.5 Å². The highest BCUT2D eigenvalue weighted by atomic mass is 16.3. The molecule has 2 aromatic rings. The molecule has 66 valence electrons. The molecule has 2 heterocycles. The molecule has 0 unspecified atom stereocenters. The van der Waals surface area contributed by atoms with Crippen molar-refractivity contribution >= 4 is 6.29 Å². The second-order valence-electron chi connectivity index (χ2n) is 2.56. The van der Waals surface area contributed by atoms with Gasteiger partial charge < -0.3 is 4.42 Å². The van der Waals surface area contributed by atoms with Crippen LogP contribution >= 0.6 is 0 Å². The molecule has 0 aromatic carbocycles. The Hall–Kier alpha value is -1.91. The van der Waals surface area contributed by atoms with Crippen LogP contribution < -0.4 is 0 Å². The van der Waals surface area contributed by atoms with Gasteiger partial charge in [0, 0.05) is 13.2 Å². The van der Waals surface area contributed by atoms with Crippen molar-refractivity contribution in [1.29, 1.82) is 0 Å². The first kappa shape index (κ1) is 7.72. The van der Waals surface area contributed by atoms with Crippen molar-refractivity contribution in [2.24, 2.45) is 7.05 Å². The zero-order valence-electron chi connectivity index (χ0n) is 6.97. The van der Waals surface area contributed by atoms with Gasteiger partial charge in [0.2, 0.25) is 0 Å². The molecule has 5 nitrogen and oxygen atoms in total. The third kappa shape index (κ3) is 1.24. The first-order chi connectivity index (χ1) is 6.31. The normalized spacial score (nSPS) is 10.2. The molecular weight excluding hydrogens is 170 g/mol. The van der Waals surface area contributed by atoms with E-state index < -0.39 is 0 Å². The standard InChI is InChI=1S/C8H7N3O2/c1-11-3-2-6(10-11)8-7(4-12)9-5-13-8/h2-5H,1H3. The lowest BCUT2D eigenvalue weighted by Crippen LogP contribution is -1.89. The van der Waals surface area contributed by atoms with Gasteiger partial charge in [-0.3, -0.25) is 9.48 Å². The number of oxazole rings is 1. The smallest absolute Gasteiger partial charge is 0.185 e. The summed E-state index contributed by atoms with van der Waals surface area (Å²) in [6.45, 7) is 0. The van der Waals surface area contributed by atoms with Crippen LogP contribution in [0.1, 0.15) is 10.5 Å². The van der Waals surface area contributed by atoms with E-state index in [1.54, 1.807) is 24.0 Å². The molecule has 0 radical (unpaired) electrons. The van der Waals surface area contributed by atoms with Crippen molar-refractivity contribution in [2.75, 3.05) is 0 Å². The Balaban J connectivity index is 2.51. The van der Waals surface area contributed by atoms with Gasteiger partial charge in [0.1, 0.15) is 5.69 Å². The maximum absolute atomic E-state index is 10.5. The minimum atomic E-state index is 0.277. The van der Waals surface area contributed by atoms with Crippen LogP contribution in [0.25, 0.3) is 11.5 Å². The maximum atomic E-state index is 10.5. The molecule has 0 atom stereocenters. The molecule has 0 saturated carbocycles. The number of aromatic nitrogens is 3. The number of hydrogen-bond acceptors (Lipinski definition) is 4. The summed E-state index contributed by atoms with van der Waals surface area (Å²) in [6, 6.07) is 1.76. The van der Waals surface area contributed by atoms with Gasteiger partial charge in [-0.15, -0.1) is 0 Å². The van der Waals surface area contributed by atoms with Crippen LogP contribution in [-0.2, 0) is 7.05 Å². The van der Waals surface area contributed by atoms with E-state index in [-0.39, 0.29) is 5.69 Å². The summed E-state index contributed by atoms with van der Waals surface area (Å²) >= 11 is 0. The second-order valence-corrected chi connectivity index (χ2v) is 2.56. The Morgan fingerprint density at radius 1 is 1.62 bits per heavy atom. The molecule has 0 spiro atoms. The van der Waals surface area contributed by atoms with E-state index in [9.17, 15) is 4.79 Å². The van der Waals surface area contributed by atoms with Crippen LogP contribution in [0, 0.1) is 0 Å².